The van der Waals surface area contributed by atoms with Gasteiger partial charge in [-0.2, -0.15) is 0 Å². The van der Waals surface area contributed by atoms with Crippen LogP contribution in [0.5, 0.6) is 0 Å². The molecule has 1 unspecified atom stereocenters. The molecule has 0 spiro atoms. The van der Waals surface area contributed by atoms with Gasteiger partial charge in [0.15, 0.2) is 23.3 Å². The third-order valence-electron chi connectivity index (χ3n) is 1.90. The van der Waals surface area contributed by atoms with Gasteiger partial charge in [-0.1, -0.05) is 0 Å². The fraction of sp³-hybridized carbons (Fsp3) is 0.125. The van der Waals surface area contributed by atoms with Gasteiger partial charge in [-0.3, -0.25) is 0 Å². The summed E-state index contributed by atoms with van der Waals surface area (Å²) in [7, 11) is 0. The maximum Gasteiger partial charge on any atom is 0.353 e. The van der Waals surface area contributed by atoms with E-state index in [4.69, 9.17) is 0 Å². The molecule has 2 nitrogen and oxygen atoms in total. The lowest BCUT2D eigenvalue weighted by molar-refractivity contribution is -0.117. The molecule has 0 amide bonds. The summed E-state index contributed by atoms with van der Waals surface area (Å²) in [6.07, 6.45) is -1.69. The fourth-order valence-corrected chi connectivity index (χ4v) is 1.11. The van der Waals surface area contributed by atoms with E-state index < -0.39 is 46.7 Å². The Balaban J connectivity index is 2.69. The lowest BCUT2D eigenvalue weighted by atomic mass is 10.1. The number of epoxide rings is 1. The second-order valence-electron chi connectivity index (χ2n) is 2.80. The van der Waals surface area contributed by atoms with Gasteiger partial charge < -0.3 is 4.74 Å². The van der Waals surface area contributed by atoms with Crippen molar-refractivity contribution in [2.75, 3.05) is 0 Å². The van der Waals surface area contributed by atoms with E-state index in [-0.39, 0.29) is 0 Å². The summed E-state index contributed by atoms with van der Waals surface area (Å²) in [5, 5.41) is 0. The third-order valence-corrected chi connectivity index (χ3v) is 1.90. The number of rotatable bonds is 1. The number of benzene rings is 1. The predicted octanol–water partition coefficient (Wildman–Crippen LogP) is 1.98. The van der Waals surface area contributed by atoms with Crippen LogP contribution >= 0.6 is 0 Å². The topological polar surface area (TPSA) is 29.6 Å². The molecule has 1 aliphatic heterocycles. The largest absolute Gasteiger partial charge is 0.442 e. The van der Waals surface area contributed by atoms with Crippen molar-refractivity contribution in [3.63, 3.8) is 0 Å². The summed E-state index contributed by atoms with van der Waals surface area (Å²) in [5.74, 6) is -11.6. The minimum Gasteiger partial charge on any atom is -0.442 e. The SMILES string of the molecule is O=C1OC1c1c(F)c(F)c(F)c(F)c1F. The molecule has 80 valence electrons. The highest BCUT2D eigenvalue weighted by Crippen LogP contribution is 2.37. The molecule has 0 bridgehead atoms. The first kappa shape index (κ1) is 9.88. The van der Waals surface area contributed by atoms with E-state index in [1.165, 1.54) is 0 Å². The van der Waals surface area contributed by atoms with Crippen LogP contribution in [0.1, 0.15) is 11.7 Å². The Labute approximate surface area is 79.3 Å². The number of cyclic esters (lactones) is 1. The maximum absolute atomic E-state index is 12.9. The zero-order valence-corrected chi connectivity index (χ0v) is 6.78. The normalized spacial score (nSPS) is 19.0. The molecular formula is C8HF5O2. The molecular weight excluding hydrogens is 223 g/mol. The first-order valence-corrected chi connectivity index (χ1v) is 3.67. The van der Waals surface area contributed by atoms with Crippen molar-refractivity contribution in [2.24, 2.45) is 0 Å². The Morgan fingerprint density at radius 1 is 0.800 bits per heavy atom. The highest BCUT2D eigenvalue weighted by molar-refractivity contribution is 5.88. The Kier molecular flexibility index (Phi) is 1.92. The van der Waals surface area contributed by atoms with Gasteiger partial charge in [0.05, 0.1) is 5.56 Å². The maximum atomic E-state index is 12.9. The van der Waals surface area contributed by atoms with E-state index >= 15 is 0 Å². The van der Waals surface area contributed by atoms with E-state index in [1.807, 2.05) is 0 Å². The van der Waals surface area contributed by atoms with Crippen LogP contribution in [0.15, 0.2) is 0 Å². The Hall–Kier alpha value is -1.66. The number of hydrogen-bond donors (Lipinski definition) is 0. The van der Waals surface area contributed by atoms with Gasteiger partial charge in [0, 0.05) is 0 Å². The zero-order chi connectivity index (χ0) is 11.3. The second-order valence-corrected chi connectivity index (χ2v) is 2.80. The number of carbonyl (C=O) groups excluding carboxylic acids is 1. The van der Waals surface area contributed by atoms with E-state index in [0.717, 1.165) is 0 Å². The summed E-state index contributed by atoms with van der Waals surface area (Å²) in [5.41, 5.74) is -1.24. The van der Waals surface area contributed by atoms with E-state index in [9.17, 15) is 26.7 Å². The molecule has 0 saturated carbocycles. The molecule has 0 aliphatic carbocycles. The van der Waals surface area contributed by atoms with E-state index in [1.54, 1.807) is 0 Å². The van der Waals surface area contributed by atoms with Crippen LogP contribution in [-0.4, -0.2) is 5.97 Å². The van der Waals surface area contributed by atoms with Crippen molar-refractivity contribution < 1.29 is 31.5 Å². The number of carbonyl (C=O) groups is 1. The minimum atomic E-state index is -2.26. The van der Waals surface area contributed by atoms with E-state index in [2.05, 4.69) is 4.74 Å². The van der Waals surface area contributed by atoms with Crippen molar-refractivity contribution in [3.8, 4) is 0 Å². The molecule has 0 N–H and O–H groups in total. The van der Waals surface area contributed by atoms with Crippen molar-refractivity contribution in [2.45, 2.75) is 6.10 Å². The molecule has 2 rings (SSSR count). The number of halogens is 5. The summed E-state index contributed by atoms with van der Waals surface area (Å²) in [6, 6.07) is 0. The van der Waals surface area contributed by atoms with Crippen LogP contribution in [0.25, 0.3) is 0 Å². The van der Waals surface area contributed by atoms with Crippen LogP contribution in [0.2, 0.25) is 0 Å². The van der Waals surface area contributed by atoms with Crippen LogP contribution in [0, 0.1) is 29.1 Å². The van der Waals surface area contributed by atoms with Crippen LogP contribution < -0.4 is 0 Å². The van der Waals surface area contributed by atoms with Crippen LogP contribution in [-0.2, 0) is 9.53 Å². The molecule has 1 heterocycles. The lowest BCUT2D eigenvalue weighted by Crippen LogP contribution is -2.06. The van der Waals surface area contributed by atoms with Gasteiger partial charge in [-0.15, -0.1) is 0 Å². The first-order chi connectivity index (χ1) is 6.95. The van der Waals surface area contributed by atoms with Crippen molar-refractivity contribution in [3.05, 3.63) is 34.6 Å². The molecule has 15 heavy (non-hydrogen) atoms. The molecule has 1 aromatic carbocycles. The smallest absolute Gasteiger partial charge is 0.353 e. The number of hydrogen-bond acceptors (Lipinski definition) is 2. The predicted molar refractivity (Wildman–Crippen MR) is 35.1 cm³/mol. The van der Waals surface area contributed by atoms with Crippen LogP contribution in [0.3, 0.4) is 0 Å². The van der Waals surface area contributed by atoms with Crippen LogP contribution in [0.4, 0.5) is 22.0 Å². The van der Waals surface area contributed by atoms with Gasteiger partial charge in [-0.05, 0) is 0 Å². The fourth-order valence-electron chi connectivity index (χ4n) is 1.11. The molecule has 0 radical (unpaired) electrons. The molecule has 7 heteroatoms. The average molecular weight is 224 g/mol. The summed E-state index contributed by atoms with van der Waals surface area (Å²) < 4.78 is 67.6. The first-order valence-electron chi connectivity index (χ1n) is 3.67. The van der Waals surface area contributed by atoms with Crippen molar-refractivity contribution in [1.29, 1.82) is 0 Å². The average Bonchev–Trinajstić information content (AvgIpc) is 2.90. The molecule has 0 aromatic heterocycles. The standard InChI is InChI=1S/C8HF5O2/c9-2-1(7-8(14)15-7)3(10)5(12)6(13)4(2)11/h7H. The Morgan fingerprint density at radius 3 is 1.47 bits per heavy atom. The molecule has 1 saturated heterocycles. The van der Waals surface area contributed by atoms with Gasteiger partial charge in [-0.25, -0.2) is 26.7 Å². The van der Waals surface area contributed by atoms with Gasteiger partial charge in [0.25, 0.3) is 0 Å². The Morgan fingerprint density at radius 2 is 1.13 bits per heavy atom. The quantitative estimate of drug-likeness (QED) is 0.316. The minimum absolute atomic E-state index is 1.03. The second kappa shape index (κ2) is 2.91. The van der Waals surface area contributed by atoms with Gasteiger partial charge in [0.1, 0.15) is 0 Å². The monoisotopic (exact) mass is 224 g/mol. The molecule has 1 atom stereocenters. The van der Waals surface area contributed by atoms with E-state index in [0.29, 0.717) is 0 Å². The third kappa shape index (κ3) is 1.26. The highest BCUT2D eigenvalue weighted by Gasteiger charge is 2.46. The summed E-state index contributed by atoms with van der Waals surface area (Å²) in [4.78, 5) is 10.4. The van der Waals surface area contributed by atoms with Crippen molar-refractivity contribution >= 4 is 5.97 Å². The molecule has 1 aliphatic rings. The van der Waals surface area contributed by atoms with Gasteiger partial charge in [0.2, 0.25) is 11.9 Å². The number of ether oxygens (including phenoxy) is 1. The highest BCUT2D eigenvalue weighted by atomic mass is 19.2. The Bertz CT molecular complexity index is 442. The molecule has 1 fully saturated rings. The zero-order valence-electron chi connectivity index (χ0n) is 6.78. The summed E-state index contributed by atoms with van der Waals surface area (Å²) >= 11 is 0. The summed E-state index contributed by atoms with van der Waals surface area (Å²) in [6.45, 7) is 0. The van der Waals surface area contributed by atoms with Gasteiger partial charge >= 0.3 is 5.97 Å². The lowest BCUT2D eigenvalue weighted by Gasteiger charge is -2.03. The van der Waals surface area contributed by atoms with Crippen molar-refractivity contribution in [1.82, 2.24) is 0 Å². The molecule has 1 aromatic rings.